The molecular formula is C12H11F2N3O. The highest BCUT2D eigenvalue weighted by Gasteiger charge is 2.02. The van der Waals surface area contributed by atoms with Gasteiger partial charge in [-0.05, 0) is 12.1 Å². The van der Waals surface area contributed by atoms with Crippen LogP contribution in [0.5, 0.6) is 5.75 Å². The molecule has 2 rings (SSSR count). The van der Waals surface area contributed by atoms with E-state index in [0.717, 1.165) is 12.1 Å². The Bertz CT molecular complexity index is 508. The van der Waals surface area contributed by atoms with E-state index < -0.39 is 11.6 Å². The summed E-state index contributed by atoms with van der Waals surface area (Å²) in [6.07, 6.45) is 4.72. The Morgan fingerprint density at radius 3 is 2.78 bits per heavy atom. The minimum Gasteiger partial charge on any atom is -0.492 e. The highest BCUT2D eigenvalue weighted by molar-refractivity contribution is 5.29. The van der Waals surface area contributed by atoms with Crippen LogP contribution in [0.15, 0.2) is 36.8 Å². The minimum absolute atomic E-state index is 0.287. The van der Waals surface area contributed by atoms with E-state index in [4.69, 9.17) is 4.74 Å². The standard InChI is InChI=1S/C12H11F2N3O/c13-10-2-1-9(7-11(10)14)18-6-5-17-12-8-15-3-4-16-12/h1-4,7-8H,5-6H2,(H,16,17). The predicted octanol–water partition coefficient (Wildman–Crippen LogP) is 2.25. The van der Waals surface area contributed by atoms with Gasteiger partial charge in [-0.2, -0.15) is 0 Å². The molecule has 0 atom stereocenters. The Hall–Kier alpha value is -2.24. The van der Waals surface area contributed by atoms with Crippen molar-refractivity contribution in [2.75, 3.05) is 18.5 Å². The average Bonchev–Trinajstić information content (AvgIpc) is 2.40. The lowest BCUT2D eigenvalue weighted by Gasteiger charge is -2.07. The summed E-state index contributed by atoms with van der Waals surface area (Å²) >= 11 is 0. The van der Waals surface area contributed by atoms with Gasteiger partial charge in [-0.1, -0.05) is 0 Å². The quantitative estimate of drug-likeness (QED) is 0.828. The lowest BCUT2D eigenvalue weighted by Crippen LogP contribution is -2.12. The number of nitrogens with zero attached hydrogens (tertiary/aromatic N) is 2. The number of halogens is 2. The molecule has 0 aliphatic carbocycles. The van der Waals surface area contributed by atoms with E-state index in [2.05, 4.69) is 15.3 Å². The van der Waals surface area contributed by atoms with Gasteiger partial charge in [0.2, 0.25) is 0 Å². The van der Waals surface area contributed by atoms with Crippen molar-refractivity contribution in [3.63, 3.8) is 0 Å². The molecule has 0 aliphatic rings. The maximum Gasteiger partial charge on any atom is 0.162 e. The summed E-state index contributed by atoms with van der Waals surface area (Å²) < 4.78 is 30.8. The first-order valence-electron chi connectivity index (χ1n) is 5.33. The first-order valence-corrected chi connectivity index (χ1v) is 5.33. The summed E-state index contributed by atoms with van der Waals surface area (Å²) in [5.41, 5.74) is 0. The third-order valence-corrected chi connectivity index (χ3v) is 2.13. The van der Waals surface area contributed by atoms with Crippen molar-refractivity contribution in [2.45, 2.75) is 0 Å². The highest BCUT2D eigenvalue weighted by atomic mass is 19.2. The molecule has 0 radical (unpaired) electrons. The van der Waals surface area contributed by atoms with Crippen LogP contribution in [0.2, 0.25) is 0 Å². The summed E-state index contributed by atoms with van der Waals surface area (Å²) in [5, 5.41) is 2.97. The molecule has 18 heavy (non-hydrogen) atoms. The molecule has 0 amide bonds. The molecule has 6 heteroatoms. The first-order chi connectivity index (χ1) is 8.75. The van der Waals surface area contributed by atoms with Gasteiger partial charge in [0.1, 0.15) is 18.2 Å². The molecule has 0 fully saturated rings. The summed E-state index contributed by atoms with van der Waals surface area (Å²) in [5.74, 6) is -0.893. The Kier molecular flexibility index (Phi) is 4.01. The Morgan fingerprint density at radius 2 is 2.06 bits per heavy atom. The lowest BCUT2D eigenvalue weighted by molar-refractivity contribution is 0.329. The highest BCUT2D eigenvalue weighted by Crippen LogP contribution is 2.15. The number of rotatable bonds is 5. The first kappa shape index (κ1) is 12.2. The van der Waals surface area contributed by atoms with Crippen LogP contribution in [0.3, 0.4) is 0 Å². The van der Waals surface area contributed by atoms with E-state index in [-0.39, 0.29) is 5.75 Å². The number of ether oxygens (including phenoxy) is 1. The number of hydrogen-bond donors (Lipinski definition) is 1. The van der Waals surface area contributed by atoms with Crippen LogP contribution >= 0.6 is 0 Å². The van der Waals surface area contributed by atoms with Gasteiger partial charge in [0, 0.05) is 18.5 Å². The molecule has 1 aromatic carbocycles. The summed E-state index contributed by atoms with van der Waals surface area (Å²) in [6.45, 7) is 0.791. The third-order valence-electron chi connectivity index (χ3n) is 2.13. The van der Waals surface area contributed by atoms with E-state index in [1.807, 2.05) is 0 Å². The topological polar surface area (TPSA) is 47.0 Å². The number of hydrogen-bond acceptors (Lipinski definition) is 4. The minimum atomic E-state index is -0.922. The van der Waals surface area contributed by atoms with Crippen LogP contribution in [-0.4, -0.2) is 23.1 Å². The Balaban J connectivity index is 1.77. The van der Waals surface area contributed by atoms with Crippen LogP contribution in [-0.2, 0) is 0 Å². The van der Waals surface area contributed by atoms with Crippen LogP contribution < -0.4 is 10.1 Å². The molecule has 0 unspecified atom stereocenters. The smallest absolute Gasteiger partial charge is 0.162 e. The maximum atomic E-state index is 12.9. The molecule has 1 heterocycles. The van der Waals surface area contributed by atoms with Gasteiger partial charge < -0.3 is 10.1 Å². The zero-order valence-corrected chi connectivity index (χ0v) is 9.44. The molecule has 4 nitrogen and oxygen atoms in total. The normalized spacial score (nSPS) is 10.1. The van der Waals surface area contributed by atoms with Crippen LogP contribution in [0.1, 0.15) is 0 Å². The Labute approximate surface area is 103 Å². The van der Waals surface area contributed by atoms with Crippen molar-refractivity contribution < 1.29 is 13.5 Å². The zero-order chi connectivity index (χ0) is 12.8. The van der Waals surface area contributed by atoms with Gasteiger partial charge in [0.15, 0.2) is 11.6 Å². The largest absolute Gasteiger partial charge is 0.492 e. The fourth-order valence-electron chi connectivity index (χ4n) is 1.31. The van der Waals surface area contributed by atoms with E-state index in [9.17, 15) is 8.78 Å². The average molecular weight is 251 g/mol. The van der Waals surface area contributed by atoms with Crippen molar-refractivity contribution in [1.29, 1.82) is 0 Å². The van der Waals surface area contributed by atoms with Crippen LogP contribution in [0.25, 0.3) is 0 Å². The summed E-state index contributed by atoms with van der Waals surface area (Å²) in [7, 11) is 0. The molecule has 1 N–H and O–H groups in total. The number of benzene rings is 1. The molecule has 94 valence electrons. The van der Waals surface area contributed by atoms with Crippen molar-refractivity contribution >= 4 is 5.82 Å². The second kappa shape index (κ2) is 5.90. The van der Waals surface area contributed by atoms with E-state index >= 15 is 0 Å². The number of nitrogens with one attached hydrogen (secondary N) is 1. The molecule has 0 spiro atoms. The van der Waals surface area contributed by atoms with E-state index in [0.29, 0.717) is 19.0 Å². The van der Waals surface area contributed by atoms with Crippen molar-refractivity contribution in [2.24, 2.45) is 0 Å². The maximum absolute atomic E-state index is 12.9. The third kappa shape index (κ3) is 3.38. The SMILES string of the molecule is Fc1ccc(OCCNc2cnccn2)cc1F. The van der Waals surface area contributed by atoms with Gasteiger partial charge in [0.25, 0.3) is 0 Å². The molecular weight excluding hydrogens is 240 g/mol. The fourth-order valence-corrected chi connectivity index (χ4v) is 1.31. The molecule has 0 bridgehead atoms. The summed E-state index contributed by atoms with van der Waals surface area (Å²) in [6, 6.07) is 3.42. The van der Waals surface area contributed by atoms with E-state index in [1.165, 1.54) is 6.07 Å². The van der Waals surface area contributed by atoms with Gasteiger partial charge in [-0.15, -0.1) is 0 Å². The van der Waals surface area contributed by atoms with Gasteiger partial charge in [-0.25, -0.2) is 13.8 Å². The van der Waals surface area contributed by atoms with Crippen molar-refractivity contribution in [3.8, 4) is 5.75 Å². The molecule has 2 aromatic rings. The van der Waals surface area contributed by atoms with E-state index in [1.54, 1.807) is 18.6 Å². The monoisotopic (exact) mass is 251 g/mol. The summed E-state index contributed by atoms with van der Waals surface area (Å²) in [4.78, 5) is 7.90. The van der Waals surface area contributed by atoms with Crippen molar-refractivity contribution in [1.82, 2.24) is 9.97 Å². The molecule has 0 aliphatic heterocycles. The van der Waals surface area contributed by atoms with Gasteiger partial charge >= 0.3 is 0 Å². The second-order valence-electron chi connectivity index (χ2n) is 3.44. The molecule has 0 saturated carbocycles. The van der Waals surface area contributed by atoms with Gasteiger partial charge in [-0.3, -0.25) is 4.98 Å². The molecule has 1 aromatic heterocycles. The predicted molar refractivity (Wildman–Crippen MR) is 62.4 cm³/mol. The van der Waals surface area contributed by atoms with Crippen LogP contribution in [0.4, 0.5) is 14.6 Å². The lowest BCUT2D eigenvalue weighted by atomic mass is 10.3. The van der Waals surface area contributed by atoms with Crippen LogP contribution in [0, 0.1) is 11.6 Å². The zero-order valence-electron chi connectivity index (χ0n) is 9.44. The number of anilines is 1. The van der Waals surface area contributed by atoms with Crippen molar-refractivity contribution in [3.05, 3.63) is 48.4 Å². The number of aromatic nitrogens is 2. The second-order valence-corrected chi connectivity index (χ2v) is 3.44. The fraction of sp³-hybridized carbons (Fsp3) is 0.167. The Morgan fingerprint density at radius 1 is 1.17 bits per heavy atom. The van der Waals surface area contributed by atoms with Gasteiger partial charge in [0.05, 0.1) is 12.7 Å². The molecule has 0 saturated heterocycles.